The normalized spacial score (nSPS) is 15.2. The molecule has 2 heterocycles. The summed E-state index contributed by atoms with van der Waals surface area (Å²) in [6, 6.07) is 24.5. The third-order valence-corrected chi connectivity index (χ3v) is 6.58. The van der Waals surface area contributed by atoms with Gasteiger partial charge < -0.3 is 4.90 Å². The summed E-state index contributed by atoms with van der Waals surface area (Å²) in [5.74, 6) is -0.717. The van der Waals surface area contributed by atoms with E-state index in [1.165, 1.54) is 11.1 Å². The van der Waals surface area contributed by atoms with Gasteiger partial charge in [-0.2, -0.15) is 13.2 Å². The Morgan fingerprint density at radius 3 is 1.89 bits per heavy atom. The van der Waals surface area contributed by atoms with E-state index in [2.05, 4.69) is 39.1 Å². The molecule has 35 heavy (non-hydrogen) atoms. The monoisotopic (exact) mass is 476 g/mol. The number of halogens is 3. The average Bonchev–Trinajstić information content (AvgIpc) is 2.85. The Balaban J connectivity index is 1.49. The van der Waals surface area contributed by atoms with Crippen molar-refractivity contribution in [3.05, 3.63) is 101 Å². The van der Waals surface area contributed by atoms with Gasteiger partial charge in [0.2, 0.25) is 5.82 Å². The van der Waals surface area contributed by atoms with Crippen LogP contribution in [0.1, 0.15) is 34.1 Å². The fourth-order valence-corrected chi connectivity index (χ4v) is 5.01. The summed E-state index contributed by atoms with van der Waals surface area (Å²) in [6.45, 7) is 6.29. The van der Waals surface area contributed by atoms with Crippen molar-refractivity contribution >= 4 is 16.7 Å². The van der Waals surface area contributed by atoms with Gasteiger partial charge in [0.05, 0.1) is 11.6 Å². The topological polar surface area (TPSA) is 32.3 Å². The first-order valence-corrected chi connectivity index (χ1v) is 11.8. The van der Waals surface area contributed by atoms with Gasteiger partial charge in [-0.1, -0.05) is 66.7 Å². The van der Waals surface area contributed by atoms with Gasteiger partial charge in [0.1, 0.15) is 5.82 Å². The van der Waals surface area contributed by atoms with E-state index in [1.54, 1.807) is 6.92 Å². The Hall–Kier alpha value is -3.45. The van der Waals surface area contributed by atoms with E-state index in [-0.39, 0.29) is 6.04 Å². The molecule has 0 N–H and O–H groups in total. The first-order chi connectivity index (χ1) is 16.8. The number of anilines is 1. The summed E-state index contributed by atoms with van der Waals surface area (Å²) in [7, 11) is 0. The van der Waals surface area contributed by atoms with Crippen molar-refractivity contribution in [1.29, 1.82) is 0 Å². The number of aromatic nitrogens is 2. The number of aryl methyl sites for hydroxylation is 2. The summed E-state index contributed by atoms with van der Waals surface area (Å²) in [5.41, 5.74) is 4.46. The molecule has 4 aromatic rings. The molecule has 7 heteroatoms. The molecule has 0 atom stereocenters. The molecule has 5 rings (SSSR count). The highest BCUT2D eigenvalue weighted by Gasteiger charge is 2.37. The van der Waals surface area contributed by atoms with Crippen LogP contribution in [0.15, 0.2) is 72.8 Å². The van der Waals surface area contributed by atoms with Gasteiger partial charge in [-0.05, 0) is 42.2 Å². The minimum absolute atomic E-state index is 0.0805. The van der Waals surface area contributed by atoms with E-state index in [0.29, 0.717) is 42.9 Å². The lowest BCUT2D eigenvalue weighted by Gasteiger charge is -2.40. The Morgan fingerprint density at radius 2 is 1.34 bits per heavy atom. The Morgan fingerprint density at radius 1 is 0.771 bits per heavy atom. The molecule has 1 saturated heterocycles. The molecule has 0 bridgehead atoms. The maximum Gasteiger partial charge on any atom is 0.451 e. The molecule has 4 nitrogen and oxygen atoms in total. The maximum absolute atomic E-state index is 13.7. The zero-order valence-electron chi connectivity index (χ0n) is 19.8. The number of hydrogen-bond donors (Lipinski definition) is 0. The van der Waals surface area contributed by atoms with Crippen LogP contribution in [-0.4, -0.2) is 41.0 Å². The van der Waals surface area contributed by atoms with Gasteiger partial charge in [-0.25, -0.2) is 9.97 Å². The molecule has 0 saturated carbocycles. The van der Waals surface area contributed by atoms with Crippen molar-refractivity contribution in [2.45, 2.75) is 26.1 Å². The molecule has 180 valence electrons. The van der Waals surface area contributed by atoms with Crippen LogP contribution in [0.2, 0.25) is 0 Å². The largest absolute Gasteiger partial charge is 0.451 e. The predicted molar refractivity (Wildman–Crippen MR) is 133 cm³/mol. The number of rotatable bonds is 4. The maximum atomic E-state index is 13.7. The lowest BCUT2D eigenvalue weighted by atomic mass is 9.96. The number of alkyl halides is 3. The SMILES string of the molecule is Cc1cc(C)c2nc(C(F)(F)F)nc(N3CCN(C(c4ccccc4)c4ccccc4)CC3)c2c1. The van der Waals surface area contributed by atoms with Crippen LogP contribution in [0.4, 0.5) is 19.0 Å². The van der Waals surface area contributed by atoms with Gasteiger partial charge in [0.15, 0.2) is 0 Å². The van der Waals surface area contributed by atoms with Crippen molar-refractivity contribution in [2.24, 2.45) is 0 Å². The third-order valence-electron chi connectivity index (χ3n) is 6.58. The molecule has 0 unspecified atom stereocenters. The fraction of sp³-hybridized carbons (Fsp3) is 0.286. The number of piperazine rings is 1. The van der Waals surface area contributed by atoms with Crippen LogP contribution in [0.5, 0.6) is 0 Å². The highest BCUT2D eigenvalue weighted by atomic mass is 19.4. The second kappa shape index (κ2) is 9.30. The fourth-order valence-electron chi connectivity index (χ4n) is 5.01. The number of hydrogen-bond acceptors (Lipinski definition) is 4. The highest BCUT2D eigenvalue weighted by Crippen LogP contribution is 2.35. The zero-order chi connectivity index (χ0) is 24.6. The van der Waals surface area contributed by atoms with Crippen molar-refractivity contribution in [3.63, 3.8) is 0 Å². The minimum Gasteiger partial charge on any atom is -0.353 e. The summed E-state index contributed by atoms with van der Waals surface area (Å²) in [6.07, 6.45) is -4.60. The van der Waals surface area contributed by atoms with Crippen molar-refractivity contribution in [1.82, 2.24) is 14.9 Å². The summed E-state index contributed by atoms with van der Waals surface area (Å²) in [4.78, 5) is 12.3. The molecule has 3 aromatic carbocycles. The van der Waals surface area contributed by atoms with E-state index in [0.717, 1.165) is 11.1 Å². The molecule has 0 radical (unpaired) electrons. The molecular weight excluding hydrogens is 449 g/mol. The van der Waals surface area contributed by atoms with Gasteiger partial charge in [0.25, 0.3) is 0 Å². The molecule has 1 aromatic heterocycles. The average molecular weight is 477 g/mol. The van der Waals surface area contributed by atoms with Crippen LogP contribution >= 0.6 is 0 Å². The van der Waals surface area contributed by atoms with Crippen molar-refractivity contribution in [3.8, 4) is 0 Å². The number of benzene rings is 3. The standard InChI is InChI=1S/C28H27F3N4/c1-19-17-20(2)24-23(18-19)26(33-27(32-24)28(29,30)31)35-15-13-34(14-16-35)25(21-9-5-3-6-10-21)22-11-7-4-8-12-22/h3-12,17-18,25H,13-16H2,1-2H3. The third kappa shape index (κ3) is 4.73. The van der Waals surface area contributed by atoms with E-state index in [1.807, 2.05) is 60.4 Å². The molecule has 1 aliphatic heterocycles. The first-order valence-electron chi connectivity index (χ1n) is 11.8. The van der Waals surface area contributed by atoms with E-state index < -0.39 is 12.0 Å². The molecular formula is C28H27F3N4. The second-order valence-electron chi connectivity index (χ2n) is 9.09. The highest BCUT2D eigenvalue weighted by molar-refractivity contribution is 5.92. The first kappa shape index (κ1) is 23.3. The lowest BCUT2D eigenvalue weighted by Crippen LogP contribution is -2.48. The quantitative estimate of drug-likeness (QED) is 0.352. The predicted octanol–water partition coefficient (Wildman–Crippen LogP) is 6.18. The molecule has 0 amide bonds. The molecule has 0 spiro atoms. The van der Waals surface area contributed by atoms with Crippen LogP contribution in [0.3, 0.4) is 0 Å². The van der Waals surface area contributed by atoms with Crippen LogP contribution in [-0.2, 0) is 6.18 Å². The number of nitrogens with zero attached hydrogens (tertiary/aromatic N) is 4. The van der Waals surface area contributed by atoms with Crippen LogP contribution in [0, 0.1) is 13.8 Å². The van der Waals surface area contributed by atoms with Gasteiger partial charge in [-0.15, -0.1) is 0 Å². The Bertz CT molecular complexity index is 1280. The van der Waals surface area contributed by atoms with Crippen molar-refractivity contribution in [2.75, 3.05) is 31.1 Å². The smallest absolute Gasteiger partial charge is 0.353 e. The van der Waals surface area contributed by atoms with E-state index in [9.17, 15) is 13.2 Å². The summed E-state index contributed by atoms with van der Waals surface area (Å²) >= 11 is 0. The Kier molecular flexibility index (Phi) is 6.19. The zero-order valence-corrected chi connectivity index (χ0v) is 19.8. The molecule has 0 aliphatic carbocycles. The van der Waals surface area contributed by atoms with E-state index >= 15 is 0 Å². The van der Waals surface area contributed by atoms with Crippen molar-refractivity contribution < 1.29 is 13.2 Å². The Labute approximate surface area is 203 Å². The lowest BCUT2D eigenvalue weighted by molar-refractivity contribution is -0.144. The van der Waals surface area contributed by atoms with Gasteiger partial charge in [-0.3, -0.25) is 4.90 Å². The molecule has 1 fully saturated rings. The minimum atomic E-state index is -4.60. The second-order valence-corrected chi connectivity index (χ2v) is 9.09. The molecule has 1 aliphatic rings. The van der Waals surface area contributed by atoms with Gasteiger partial charge in [0, 0.05) is 31.6 Å². The van der Waals surface area contributed by atoms with Crippen LogP contribution < -0.4 is 4.90 Å². The van der Waals surface area contributed by atoms with Gasteiger partial charge >= 0.3 is 6.18 Å². The number of fused-ring (bicyclic) bond motifs is 1. The summed E-state index contributed by atoms with van der Waals surface area (Å²) < 4.78 is 41.0. The van der Waals surface area contributed by atoms with Crippen LogP contribution in [0.25, 0.3) is 10.9 Å². The summed E-state index contributed by atoms with van der Waals surface area (Å²) in [5, 5.41) is 0.673. The van der Waals surface area contributed by atoms with E-state index in [4.69, 9.17) is 0 Å².